The Labute approximate surface area is 139 Å². The standard InChI is InChI=1S/C17H20OS3/c1-3-13(18)12-20-15-6-10-17(11-7-15)21-16-8-4-14(19-2)5-9-16/h4-11,13,18H,3,12H2,1-2H3. The van der Waals surface area contributed by atoms with E-state index in [1.54, 1.807) is 35.3 Å². The van der Waals surface area contributed by atoms with Crippen LogP contribution in [0.15, 0.2) is 68.1 Å². The van der Waals surface area contributed by atoms with Crippen LogP contribution >= 0.6 is 35.3 Å². The van der Waals surface area contributed by atoms with Gasteiger partial charge >= 0.3 is 0 Å². The summed E-state index contributed by atoms with van der Waals surface area (Å²) in [5, 5.41) is 9.58. The first-order valence-corrected chi connectivity index (χ1v) is 9.96. The van der Waals surface area contributed by atoms with Crippen LogP contribution in [0, 0.1) is 0 Å². The molecule has 0 aliphatic rings. The van der Waals surface area contributed by atoms with Gasteiger partial charge in [-0.1, -0.05) is 18.7 Å². The fourth-order valence-electron chi connectivity index (χ4n) is 1.69. The van der Waals surface area contributed by atoms with E-state index >= 15 is 0 Å². The Kier molecular flexibility index (Phi) is 7.04. The number of aliphatic hydroxyl groups is 1. The van der Waals surface area contributed by atoms with Gasteiger partial charge in [0.25, 0.3) is 0 Å². The smallest absolute Gasteiger partial charge is 0.0631 e. The third-order valence-electron chi connectivity index (χ3n) is 3.03. The third-order valence-corrected chi connectivity index (χ3v) is 5.95. The first-order chi connectivity index (χ1) is 10.2. The molecule has 2 aromatic rings. The molecule has 0 saturated carbocycles. The summed E-state index contributed by atoms with van der Waals surface area (Å²) in [6.07, 6.45) is 2.69. The maximum atomic E-state index is 9.58. The first-order valence-electron chi connectivity index (χ1n) is 6.94. The monoisotopic (exact) mass is 336 g/mol. The fraction of sp³-hybridized carbons (Fsp3) is 0.294. The highest BCUT2D eigenvalue weighted by Gasteiger charge is 2.03. The van der Waals surface area contributed by atoms with Crippen LogP contribution in [0.3, 0.4) is 0 Å². The van der Waals surface area contributed by atoms with Crippen molar-refractivity contribution < 1.29 is 5.11 Å². The van der Waals surface area contributed by atoms with Crippen LogP contribution in [0.4, 0.5) is 0 Å². The van der Waals surface area contributed by atoms with Crippen LogP contribution in [0.1, 0.15) is 13.3 Å². The molecule has 0 bridgehead atoms. The predicted octanol–water partition coefficient (Wildman–Crippen LogP) is 5.42. The molecule has 1 nitrogen and oxygen atoms in total. The summed E-state index contributed by atoms with van der Waals surface area (Å²) in [6, 6.07) is 17.2. The molecule has 0 amide bonds. The average molecular weight is 337 g/mol. The van der Waals surface area contributed by atoms with Gasteiger partial charge in [-0.05, 0) is 61.2 Å². The van der Waals surface area contributed by atoms with Crippen LogP contribution in [-0.4, -0.2) is 23.2 Å². The van der Waals surface area contributed by atoms with Gasteiger partial charge in [0, 0.05) is 25.3 Å². The Bertz CT molecular complexity index is 537. The molecule has 1 unspecified atom stereocenters. The van der Waals surface area contributed by atoms with Crippen LogP contribution in [0.5, 0.6) is 0 Å². The van der Waals surface area contributed by atoms with Crippen LogP contribution in [0.25, 0.3) is 0 Å². The van der Waals surface area contributed by atoms with Crippen molar-refractivity contribution in [3.63, 3.8) is 0 Å². The first kappa shape index (κ1) is 16.8. The lowest BCUT2D eigenvalue weighted by Gasteiger charge is -2.08. The summed E-state index contributed by atoms with van der Waals surface area (Å²) in [5.41, 5.74) is 0. The van der Waals surface area contributed by atoms with Crippen molar-refractivity contribution in [3.05, 3.63) is 48.5 Å². The molecule has 0 radical (unpaired) electrons. The van der Waals surface area contributed by atoms with E-state index in [0.717, 1.165) is 12.2 Å². The highest BCUT2D eigenvalue weighted by Crippen LogP contribution is 2.30. The van der Waals surface area contributed by atoms with E-state index in [9.17, 15) is 5.11 Å². The second-order valence-electron chi connectivity index (χ2n) is 4.62. The molecule has 0 aliphatic heterocycles. The largest absolute Gasteiger partial charge is 0.392 e. The van der Waals surface area contributed by atoms with E-state index < -0.39 is 0 Å². The molecule has 2 rings (SSSR count). The lowest BCUT2D eigenvalue weighted by Crippen LogP contribution is -2.06. The van der Waals surface area contributed by atoms with Gasteiger partial charge < -0.3 is 5.11 Å². The molecule has 1 N–H and O–H groups in total. The molecule has 1 atom stereocenters. The fourth-order valence-corrected chi connectivity index (χ4v) is 3.87. The normalized spacial score (nSPS) is 12.3. The minimum Gasteiger partial charge on any atom is -0.392 e. The van der Waals surface area contributed by atoms with Crippen molar-refractivity contribution in [1.29, 1.82) is 0 Å². The number of hydrogen-bond donors (Lipinski definition) is 1. The van der Waals surface area contributed by atoms with E-state index in [-0.39, 0.29) is 6.10 Å². The average Bonchev–Trinajstić information content (AvgIpc) is 2.54. The Balaban J connectivity index is 1.92. The topological polar surface area (TPSA) is 20.2 Å². The predicted molar refractivity (Wildman–Crippen MR) is 95.8 cm³/mol. The highest BCUT2D eigenvalue weighted by atomic mass is 32.2. The van der Waals surface area contributed by atoms with Gasteiger partial charge in [0.05, 0.1) is 6.10 Å². The number of thioether (sulfide) groups is 2. The molecule has 21 heavy (non-hydrogen) atoms. The molecule has 0 heterocycles. The van der Waals surface area contributed by atoms with Crippen LogP contribution in [-0.2, 0) is 0 Å². The summed E-state index contributed by atoms with van der Waals surface area (Å²) in [6.45, 7) is 2.01. The zero-order chi connectivity index (χ0) is 15.1. The minimum atomic E-state index is -0.209. The summed E-state index contributed by atoms with van der Waals surface area (Å²) in [7, 11) is 0. The van der Waals surface area contributed by atoms with Gasteiger partial charge in [0.2, 0.25) is 0 Å². The summed E-state index contributed by atoms with van der Waals surface area (Å²) >= 11 is 5.25. The molecule has 2 aromatic carbocycles. The van der Waals surface area contributed by atoms with Crippen molar-refractivity contribution in [2.45, 2.75) is 39.0 Å². The number of benzene rings is 2. The van der Waals surface area contributed by atoms with Crippen molar-refractivity contribution in [2.24, 2.45) is 0 Å². The van der Waals surface area contributed by atoms with Gasteiger partial charge in [0.1, 0.15) is 0 Å². The molecule has 112 valence electrons. The Hall–Kier alpha value is -0.550. The van der Waals surface area contributed by atoms with Crippen molar-refractivity contribution in [2.75, 3.05) is 12.0 Å². The maximum Gasteiger partial charge on any atom is 0.0631 e. The second-order valence-corrected chi connectivity index (χ2v) is 7.74. The third kappa shape index (κ3) is 5.62. The molecule has 0 saturated heterocycles. The Morgan fingerprint density at radius 2 is 1.33 bits per heavy atom. The van der Waals surface area contributed by atoms with Crippen molar-refractivity contribution in [3.8, 4) is 0 Å². The Morgan fingerprint density at radius 3 is 1.81 bits per heavy atom. The quantitative estimate of drug-likeness (QED) is 0.681. The zero-order valence-corrected chi connectivity index (χ0v) is 14.7. The van der Waals surface area contributed by atoms with Gasteiger partial charge in [-0.2, -0.15) is 0 Å². The van der Waals surface area contributed by atoms with Crippen LogP contribution in [0.2, 0.25) is 0 Å². The second kappa shape index (κ2) is 8.79. The van der Waals surface area contributed by atoms with Gasteiger partial charge in [-0.25, -0.2) is 0 Å². The molecular formula is C17H20OS3. The van der Waals surface area contributed by atoms with Gasteiger partial charge in [0.15, 0.2) is 0 Å². The summed E-state index contributed by atoms with van der Waals surface area (Å²) < 4.78 is 0. The number of hydrogen-bond acceptors (Lipinski definition) is 4. The van der Waals surface area contributed by atoms with Crippen LogP contribution < -0.4 is 0 Å². The lowest BCUT2D eigenvalue weighted by atomic mass is 10.3. The van der Waals surface area contributed by atoms with E-state index in [1.807, 2.05) is 6.92 Å². The molecule has 0 aromatic heterocycles. The molecule has 4 heteroatoms. The van der Waals surface area contributed by atoms with E-state index in [1.165, 1.54) is 19.6 Å². The molecule has 0 aliphatic carbocycles. The Morgan fingerprint density at radius 1 is 0.857 bits per heavy atom. The minimum absolute atomic E-state index is 0.209. The molecule has 0 spiro atoms. The van der Waals surface area contributed by atoms with Crippen molar-refractivity contribution in [1.82, 2.24) is 0 Å². The van der Waals surface area contributed by atoms with Gasteiger partial charge in [-0.3, -0.25) is 0 Å². The number of rotatable bonds is 7. The maximum absolute atomic E-state index is 9.58. The zero-order valence-electron chi connectivity index (χ0n) is 12.3. The number of aliphatic hydroxyl groups excluding tert-OH is 1. The SMILES string of the molecule is CCC(O)CSc1ccc(Sc2ccc(SC)cc2)cc1. The highest BCUT2D eigenvalue weighted by molar-refractivity contribution is 8.00. The van der Waals surface area contributed by atoms with Crippen molar-refractivity contribution >= 4 is 35.3 Å². The van der Waals surface area contributed by atoms with E-state index in [4.69, 9.17) is 0 Å². The van der Waals surface area contributed by atoms with Gasteiger partial charge in [-0.15, -0.1) is 23.5 Å². The summed E-state index contributed by atoms with van der Waals surface area (Å²) in [5.74, 6) is 0.763. The van der Waals surface area contributed by atoms with E-state index in [2.05, 4.69) is 54.8 Å². The van der Waals surface area contributed by atoms with E-state index in [0.29, 0.717) is 0 Å². The lowest BCUT2D eigenvalue weighted by molar-refractivity contribution is 0.195. The summed E-state index contributed by atoms with van der Waals surface area (Å²) in [4.78, 5) is 5.01. The molecular weight excluding hydrogens is 316 g/mol. The molecule has 0 fully saturated rings.